The van der Waals surface area contributed by atoms with E-state index >= 15 is 0 Å². The number of thioether (sulfide) groups is 1. The molecule has 9 heteroatoms. The van der Waals surface area contributed by atoms with E-state index in [0.29, 0.717) is 35.7 Å². The quantitative estimate of drug-likeness (QED) is 0.415. The van der Waals surface area contributed by atoms with Crippen LogP contribution in [-0.4, -0.2) is 29.3 Å². The largest absolute Gasteiger partial charge is 0.482 e. The number of anilines is 1. The number of hydrogen-bond acceptors (Lipinski definition) is 4. The molecular weight excluding hydrogens is 467 g/mol. The molecule has 0 atom stereocenters. The maximum Gasteiger partial charge on any atom is 0.416 e. The Labute approximate surface area is 198 Å². The summed E-state index contributed by atoms with van der Waals surface area (Å²) < 4.78 is 43.8. The van der Waals surface area contributed by atoms with Crippen molar-refractivity contribution in [3.05, 3.63) is 89.0 Å². The number of nitrogens with zero attached hydrogens (tertiary/aromatic N) is 1. The van der Waals surface area contributed by atoms with Gasteiger partial charge in [0.25, 0.3) is 5.91 Å². The van der Waals surface area contributed by atoms with E-state index in [1.807, 2.05) is 12.1 Å². The van der Waals surface area contributed by atoms with E-state index in [1.54, 1.807) is 42.1 Å². The summed E-state index contributed by atoms with van der Waals surface area (Å²) in [5.74, 6) is -0.0737. The summed E-state index contributed by atoms with van der Waals surface area (Å²) >= 11 is 1.59. The van der Waals surface area contributed by atoms with Gasteiger partial charge in [0.1, 0.15) is 5.75 Å². The maximum absolute atomic E-state index is 12.9. The Bertz CT molecular complexity index is 1210. The second-order valence-corrected chi connectivity index (χ2v) is 8.78. The summed E-state index contributed by atoms with van der Waals surface area (Å²) in [4.78, 5) is 26.0. The molecule has 0 spiro atoms. The number of halogens is 3. The summed E-state index contributed by atoms with van der Waals surface area (Å²) in [5.41, 5.74) is 2.06. The van der Waals surface area contributed by atoms with Crippen LogP contribution in [0.3, 0.4) is 0 Å². The summed E-state index contributed by atoms with van der Waals surface area (Å²) in [7, 11) is 0. The molecule has 0 radical (unpaired) electrons. The molecule has 0 fully saturated rings. The van der Waals surface area contributed by atoms with E-state index in [-0.39, 0.29) is 5.91 Å². The molecule has 176 valence electrons. The van der Waals surface area contributed by atoms with E-state index in [2.05, 4.69) is 0 Å². The number of hydrogen-bond donors (Lipinski definition) is 1. The van der Waals surface area contributed by atoms with Crippen molar-refractivity contribution >= 4 is 29.3 Å². The van der Waals surface area contributed by atoms with Crippen molar-refractivity contribution < 1.29 is 32.6 Å². The molecule has 0 aliphatic carbocycles. The number of aryl methyl sites for hydroxylation is 1. The fourth-order valence-corrected chi connectivity index (χ4v) is 4.77. The van der Waals surface area contributed by atoms with Gasteiger partial charge >= 0.3 is 12.1 Å². The van der Waals surface area contributed by atoms with Crippen molar-refractivity contribution in [3.63, 3.8) is 0 Å². The van der Waals surface area contributed by atoms with Gasteiger partial charge in [-0.3, -0.25) is 4.79 Å². The summed E-state index contributed by atoms with van der Waals surface area (Å²) in [6.45, 7) is -0.112. The number of amides is 1. The number of fused-ring (bicyclic) bond motifs is 1. The monoisotopic (exact) mass is 487 g/mol. The third kappa shape index (κ3) is 5.36. The Morgan fingerprint density at radius 2 is 1.79 bits per heavy atom. The molecule has 1 aliphatic rings. The van der Waals surface area contributed by atoms with Gasteiger partial charge in [-0.2, -0.15) is 13.2 Å². The number of carboxylic acids is 1. The molecule has 1 N–H and O–H groups in total. The fraction of sp³-hybridized carbons (Fsp3) is 0.200. The first-order chi connectivity index (χ1) is 16.2. The van der Waals surface area contributed by atoms with Crippen LogP contribution in [0.1, 0.15) is 27.0 Å². The zero-order valence-corrected chi connectivity index (χ0v) is 18.7. The van der Waals surface area contributed by atoms with Crippen molar-refractivity contribution in [2.75, 3.05) is 17.3 Å². The predicted octanol–water partition coefficient (Wildman–Crippen LogP) is 5.66. The first-order valence-electron chi connectivity index (χ1n) is 10.4. The smallest absolute Gasteiger partial charge is 0.416 e. The zero-order valence-electron chi connectivity index (χ0n) is 17.8. The summed E-state index contributed by atoms with van der Waals surface area (Å²) in [5, 5.41) is 8.74. The zero-order chi connectivity index (χ0) is 24.3. The van der Waals surface area contributed by atoms with Gasteiger partial charge in [-0.05, 0) is 66.1 Å². The van der Waals surface area contributed by atoms with Crippen LogP contribution < -0.4 is 9.64 Å². The van der Waals surface area contributed by atoms with Gasteiger partial charge in [0.15, 0.2) is 6.61 Å². The highest BCUT2D eigenvalue weighted by molar-refractivity contribution is 7.99. The second kappa shape index (κ2) is 9.80. The van der Waals surface area contributed by atoms with E-state index in [9.17, 15) is 22.8 Å². The predicted molar refractivity (Wildman–Crippen MR) is 122 cm³/mol. The van der Waals surface area contributed by atoms with Gasteiger partial charge in [-0.15, -0.1) is 11.8 Å². The molecule has 1 amide bonds. The average Bonchev–Trinajstić information content (AvgIpc) is 3.15. The van der Waals surface area contributed by atoms with Gasteiger partial charge in [0, 0.05) is 21.9 Å². The molecule has 0 saturated heterocycles. The third-order valence-electron chi connectivity index (χ3n) is 5.34. The normalized spacial score (nSPS) is 13.1. The third-order valence-corrected chi connectivity index (χ3v) is 6.44. The van der Waals surface area contributed by atoms with Crippen LogP contribution in [0, 0.1) is 0 Å². The van der Waals surface area contributed by atoms with Crippen LogP contribution in [0.5, 0.6) is 5.75 Å². The Hall–Kier alpha value is -3.46. The van der Waals surface area contributed by atoms with E-state index < -0.39 is 24.3 Å². The molecular formula is C25H20F3NO4S. The highest BCUT2D eigenvalue weighted by Gasteiger charge is 2.33. The van der Waals surface area contributed by atoms with Crippen LogP contribution >= 0.6 is 11.8 Å². The SMILES string of the molecule is O=C(O)COc1cccc(CCSc2cccc3c2CN(c2ccc(C(F)(F)F)cc2)C3=O)c1. The molecule has 0 unspecified atom stereocenters. The topological polar surface area (TPSA) is 66.8 Å². The highest BCUT2D eigenvalue weighted by Crippen LogP contribution is 2.36. The van der Waals surface area contributed by atoms with E-state index in [0.717, 1.165) is 28.2 Å². The first-order valence-corrected chi connectivity index (χ1v) is 11.4. The van der Waals surface area contributed by atoms with Crippen molar-refractivity contribution in [2.24, 2.45) is 0 Å². The van der Waals surface area contributed by atoms with Crippen LogP contribution in [0.4, 0.5) is 18.9 Å². The molecule has 1 aliphatic heterocycles. The molecule has 4 rings (SSSR count). The lowest BCUT2D eigenvalue weighted by Gasteiger charge is -2.17. The van der Waals surface area contributed by atoms with Crippen LogP contribution in [0.25, 0.3) is 0 Å². The fourth-order valence-electron chi connectivity index (χ4n) is 3.69. The Morgan fingerprint density at radius 3 is 2.50 bits per heavy atom. The minimum Gasteiger partial charge on any atom is -0.482 e. The summed E-state index contributed by atoms with van der Waals surface area (Å²) in [6.07, 6.45) is -3.72. The minimum absolute atomic E-state index is 0.236. The van der Waals surface area contributed by atoms with E-state index in [4.69, 9.17) is 9.84 Å². The van der Waals surface area contributed by atoms with Crippen LogP contribution in [0.15, 0.2) is 71.6 Å². The lowest BCUT2D eigenvalue weighted by atomic mass is 10.1. The van der Waals surface area contributed by atoms with Crippen molar-refractivity contribution in [2.45, 2.75) is 24.0 Å². The molecule has 0 aromatic heterocycles. The second-order valence-electron chi connectivity index (χ2n) is 7.65. The van der Waals surface area contributed by atoms with Gasteiger partial charge in [0.2, 0.25) is 0 Å². The molecule has 5 nitrogen and oxygen atoms in total. The highest BCUT2D eigenvalue weighted by atomic mass is 32.2. The van der Waals surface area contributed by atoms with Crippen LogP contribution in [0.2, 0.25) is 0 Å². The molecule has 34 heavy (non-hydrogen) atoms. The number of carbonyl (C=O) groups is 2. The first kappa shape index (κ1) is 23.7. The molecule has 3 aromatic rings. The van der Waals surface area contributed by atoms with Crippen molar-refractivity contribution in [3.8, 4) is 5.75 Å². The number of ether oxygens (including phenoxy) is 1. The number of alkyl halides is 3. The van der Waals surface area contributed by atoms with Gasteiger partial charge in [-0.1, -0.05) is 18.2 Å². The number of rotatable bonds is 8. The average molecular weight is 487 g/mol. The minimum atomic E-state index is -4.43. The van der Waals surface area contributed by atoms with E-state index in [1.165, 1.54) is 17.0 Å². The summed E-state index contributed by atoms with van der Waals surface area (Å²) in [6, 6.07) is 17.3. The molecule has 3 aromatic carbocycles. The number of carboxylic acid groups (broad SMARTS) is 1. The lowest BCUT2D eigenvalue weighted by molar-refractivity contribution is -0.139. The molecule has 0 bridgehead atoms. The van der Waals surface area contributed by atoms with Crippen molar-refractivity contribution in [1.82, 2.24) is 0 Å². The lowest BCUT2D eigenvalue weighted by Crippen LogP contribution is -2.23. The number of benzene rings is 3. The van der Waals surface area contributed by atoms with Gasteiger partial charge in [-0.25, -0.2) is 4.79 Å². The van der Waals surface area contributed by atoms with Gasteiger partial charge < -0.3 is 14.7 Å². The molecule has 0 saturated carbocycles. The Kier molecular flexibility index (Phi) is 6.83. The van der Waals surface area contributed by atoms with Gasteiger partial charge in [0.05, 0.1) is 12.1 Å². The molecule has 1 heterocycles. The van der Waals surface area contributed by atoms with Crippen LogP contribution in [-0.2, 0) is 23.9 Å². The van der Waals surface area contributed by atoms with Crippen molar-refractivity contribution in [1.29, 1.82) is 0 Å². The number of aliphatic carboxylic acids is 1. The maximum atomic E-state index is 12.9. The standard InChI is InChI=1S/C25H20F3NO4S/c26-25(27,28)17-7-9-18(10-8-17)29-14-21-20(24(29)32)5-2-6-22(21)34-12-11-16-3-1-4-19(13-16)33-15-23(30)31/h1-10,13H,11-12,14-15H2,(H,30,31). The Morgan fingerprint density at radius 1 is 1.06 bits per heavy atom. The Balaban J connectivity index is 1.42. The number of carbonyl (C=O) groups excluding carboxylic acids is 1.